The van der Waals surface area contributed by atoms with Crippen LogP contribution in [0.15, 0.2) is 0 Å². The van der Waals surface area contributed by atoms with Crippen LogP contribution >= 0.6 is 0 Å². The van der Waals surface area contributed by atoms with Crippen molar-refractivity contribution < 1.29 is 9.53 Å². The average Bonchev–Trinajstić information content (AvgIpc) is 2.78. The summed E-state index contributed by atoms with van der Waals surface area (Å²) in [5.41, 5.74) is 0. The zero-order valence-corrected chi connectivity index (χ0v) is 10.2. The summed E-state index contributed by atoms with van der Waals surface area (Å²) < 4.78 is 5.34. The predicted molar refractivity (Wildman–Crippen MR) is 61.5 cm³/mol. The SMILES string of the molecule is CN(C)C(=O)N1CCC(N2CCOCC2)C1. The zero-order chi connectivity index (χ0) is 11.5. The molecule has 0 saturated carbocycles. The van der Waals surface area contributed by atoms with Crippen molar-refractivity contribution >= 4 is 6.03 Å². The number of morpholine rings is 1. The van der Waals surface area contributed by atoms with Crippen molar-refractivity contribution in [2.75, 3.05) is 53.5 Å². The third kappa shape index (κ3) is 2.47. The highest BCUT2D eigenvalue weighted by molar-refractivity contribution is 5.74. The number of hydrogen-bond donors (Lipinski definition) is 0. The second-order valence-corrected chi connectivity index (χ2v) is 4.71. The van der Waals surface area contributed by atoms with Gasteiger partial charge in [0.1, 0.15) is 0 Å². The summed E-state index contributed by atoms with van der Waals surface area (Å²) in [7, 11) is 3.62. The van der Waals surface area contributed by atoms with E-state index in [1.54, 1.807) is 4.90 Å². The summed E-state index contributed by atoms with van der Waals surface area (Å²) in [6, 6.07) is 0.670. The largest absolute Gasteiger partial charge is 0.379 e. The van der Waals surface area contributed by atoms with Crippen LogP contribution < -0.4 is 0 Å². The summed E-state index contributed by atoms with van der Waals surface area (Å²) in [6.07, 6.45) is 1.10. The van der Waals surface area contributed by atoms with Gasteiger partial charge < -0.3 is 14.5 Å². The van der Waals surface area contributed by atoms with E-state index < -0.39 is 0 Å². The van der Waals surface area contributed by atoms with Gasteiger partial charge in [0.15, 0.2) is 0 Å². The monoisotopic (exact) mass is 227 g/mol. The topological polar surface area (TPSA) is 36.0 Å². The molecular weight excluding hydrogens is 206 g/mol. The highest BCUT2D eigenvalue weighted by atomic mass is 16.5. The lowest BCUT2D eigenvalue weighted by atomic mass is 10.2. The molecule has 0 bridgehead atoms. The Bertz CT molecular complexity index is 252. The summed E-state index contributed by atoms with van der Waals surface area (Å²) in [6.45, 7) is 5.44. The number of hydrogen-bond acceptors (Lipinski definition) is 3. The van der Waals surface area contributed by atoms with E-state index >= 15 is 0 Å². The molecule has 0 aromatic rings. The van der Waals surface area contributed by atoms with Crippen molar-refractivity contribution in [1.82, 2.24) is 14.7 Å². The average molecular weight is 227 g/mol. The van der Waals surface area contributed by atoms with Gasteiger partial charge >= 0.3 is 6.03 Å². The van der Waals surface area contributed by atoms with Crippen molar-refractivity contribution in [1.29, 1.82) is 0 Å². The smallest absolute Gasteiger partial charge is 0.319 e. The number of ether oxygens (including phenoxy) is 1. The fourth-order valence-electron chi connectivity index (χ4n) is 2.44. The number of amides is 2. The Morgan fingerprint density at radius 1 is 1.25 bits per heavy atom. The minimum Gasteiger partial charge on any atom is -0.379 e. The molecule has 2 fully saturated rings. The van der Waals surface area contributed by atoms with Crippen molar-refractivity contribution in [3.8, 4) is 0 Å². The predicted octanol–water partition coefficient (Wildman–Crippen LogP) is 0.0745. The van der Waals surface area contributed by atoms with Gasteiger partial charge in [-0.05, 0) is 6.42 Å². The van der Waals surface area contributed by atoms with Crippen LogP contribution in [0.3, 0.4) is 0 Å². The van der Waals surface area contributed by atoms with Gasteiger partial charge in [0.2, 0.25) is 0 Å². The molecule has 2 rings (SSSR count). The van der Waals surface area contributed by atoms with Crippen LogP contribution in [0.25, 0.3) is 0 Å². The first-order chi connectivity index (χ1) is 7.68. The zero-order valence-electron chi connectivity index (χ0n) is 10.2. The molecule has 0 aromatic carbocycles. The van der Waals surface area contributed by atoms with Gasteiger partial charge in [-0.3, -0.25) is 4.90 Å². The van der Waals surface area contributed by atoms with Crippen LogP contribution in [0.1, 0.15) is 6.42 Å². The van der Waals surface area contributed by atoms with Gasteiger partial charge in [0.05, 0.1) is 13.2 Å². The van der Waals surface area contributed by atoms with Crippen LogP contribution in [-0.4, -0.2) is 80.3 Å². The van der Waals surface area contributed by atoms with E-state index in [0.717, 1.165) is 45.8 Å². The van der Waals surface area contributed by atoms with Gasteiger partial charge in [-0.15, -0.1) is 0 Å². The van der Waals surface area contributed by atoms with Crippen LogP contribution in [0.4, 0.5) is 4.79 Å². The maximum absolute atomic E-state index is 11.8. The molecule has 5 nitrogen and oxygen atoms in total. The third-order valence-corrected chi connectivity index (χ3v) is 3.38. The van der Waals surface area contributed by atoms with Crippen molar-refractivity contribution in [3.05, 3.63) is 0 Å². The molecular formula is C11H21N3O2. The van der Waals surface area contributed by atoms with E-state index in [1.165, 1.54) is 0 Å². The molecule has 92 valence electrons. The van der Waals surface area contributed by atoms with Crippen molar-refractivity contribution in [3.63, 3.8) is 0 Å². The first-order valence-corrected chi connectivity index (χ1v) is 5.96. The van der Waals surface area contributed by atoms with Crippen LogP contribution in [0.5, 0.6) is 0 Å². The molecule has 2 aliphatic rings. The maximum atomic E-state index is 11.8. The normalized spacial score (nSPS) is 27.1. The van der Waals surface area contributed by atoms with Gasteiger partial charge in [0, 0.05) is 46.3 Å². The molecule has 0 radical (unpaired) electrons. The Balaban J connectivity index is 1.85. The summed E-state index contributed by atoms with van der Waals surface area (Å²) in [5.74, 6) is 0. The van der Waals surface area contributed by atoms with Gasteiger partial charge in [-0.25, -0.2) is 4.79 Å². The second kappa shape index (κ2) is 5.01. The molecule has 2 aliphatic heterocycles. The summed E-state index contributed by atoms with van der Waals surface area (Å²) in [5, 5.41) is 0. The van der Waals surface area contributed by atoms with Crippen LogP contribution in [-0.2, 0) is 4.74 Å². The molecule has 2 saturated heterocycles. The molecule has 2 amide bonds. The number of likely N-dealkylation sites (tertiary alicyclic amines) is 1. The number of carbonyl (C=O) groups is 1. The van der Waals surface area contributed by atoms with E-state index in [1.807, 2.05) is 19.0 Å². The molecule has 0 aliphatic carbocycles. The number of nitrogens with zero attached hydrogens (tertiary/aromatic N) is 3. The molecule has 0 N–H and O–H groups in total. The standard InChI is InChI=1S/C11H21N3O2/c1-12(2)11(15)14-4-3-10(9-14)13-5-7-16-8-6-13/h10H,3-9H2,1-2H3. The Labute approximate surface area is 96.9 Å². The van der Waals surface area contributed by atoms with E-state index in [9.17, 15) is 4.79 Å². The van der Waals surface area contributed by atoms with Gasteiger partial charge in [0.25, 0.3) is 0 Å². The molecule has 0 spiro atoms. The van der Waals surface area contributed by atoms with E-state index in [-0.39, 0.29) is 6.03 Å². The molecule has 0 aromatic heterocycles. The fraction of sp³-hybridized carbons (Fsp3) is 0.909. The molecule has 1 atom stereocenters. The van der Waals surface area contributed by atoms with Gasteiger partial charge in [-0.2, -0.15) is 0 Å². The van der Waals surface area contributed by atoms with Gasteiger partial charge in [-0.1, -0.05) is 0 Å². The highest BCUT2D eigenvalue weighted by Gasteiger charge is 2.31. The summed E-state index contributed by atoms with van der Waals surface area (Å²) in [4.78, 5) is 17.8. The third-order valence-electron chi connectivity index (χ3n) is 3.38. The first kappa shape index (κ1) is 11.7. The lowest BCUT2D eigenvalue weighted by molar-refractivity contribution is 0.0190. The second-order valence-electron chi connectivity index (χ2n) is 4.71. The Morgan fingerprint density at radius 2 is 1.94 bits per heavy atom. The van der Waals surface area contributed by atoms with Crippen LogP contribution in [0.2, 0.25) is 0 Å². The minimum atomic E-state index is 0.135. The molecule has 5 heteroatoms. The Morgan fingerprint density at radius 3 is 2.56 bits per heavy atom. The number of carbonyl (C=O) groups excluding carboxylic acids is 1. The van der Waals surface area contributed by atoms with E-state index in [2.05, 4.69) is 4.90 Å². The quantitative estimate of drug-likeness (QED) is 0.636. The van der Waals surface area contributed by atoms with E-state index in [4.69, 9.17) is 4.74 Å². The highest BCUT2D eigenvalue weighted by Crippen LogP contribution is 2.17. The molecule has 2 heterocycles. The molecule has 1 unspecified atom stereocenters. The van der Waals surface area contributed by atoms with Crippen molar-refractivity contribution in [2.45, 2.75) is 12.5 Å². The Hall–Kier alpha value is -0.810. The van der Waals surface area contributed by atoms with Crippen molar-refractivity contribution in [2.24, 2.45) is 0 Å². The minimum absolute atomic E-state index is 0.135. The maximum Gasteiger partial charge on any atom is 0.319 e. The fourth-order valence-corrected chi connectivity index (χ4v) is 2.44. The lowest BCUT2D eigenvalue weighted by Gasteiger charge is -2.32. The van der Waals surface area contributed by atoms with Crippen LogP contribution in [0, 0.1) is 0 Å². The first-order valence-electron chi connectivity index (χ1n) is 5.96. The summed E-state index contributed by atoms with van der Waals surface area (Å²) >= 11 is 0. The number of urea groups is 1. The van der Waals surface area contributed by atoms with E-state index in [0.29, 0.717) is 6.04 Å². The molecule has 16 heavy (non-hydrogen) atoms. The Kier molecular flexibility index (Phi) is 3.66. The lowest BCUT2D eigenvalue weighted by Crippen LogP contribution is -2.46. The number of rotatable bonds is 1.